The molecule has 0 aromatic rings. The van der Waals surface area contributed by atoms with Crippen molar-refractivity contribution in [2.75, 3.05) is 25.6 Å². The maximum atomic E-state index is 5.87. The zero-order valence-corrected chi connectivity index (χ0v) is 8.07. The van der Waals surface area contributed by atoms with Gasteiger partial charge in [0.15, 0.2) is 0 Å². The van der Waals surface area contributed by atoms with E-state index in [9.17, 15) is 0 Å². The van der Waals surface area contributed by atoms with Crippen LogP contribution < -0.4 is 5.32 Å². The minimum Gasteiger partial charge on any atom is -0.380 e. The molecule has 12 heavy (non-hydrogen) atoms. The molecule has 1 saturated heterocycles. The summed E-state index contributed by atoms with van der Waals surface area (Å²) < 4.78 is 5.28. The lowest BCUT2D eigenvalue weighted by Gasteiger charge is -2.15. The van der Waals surface area contributed by atoms with Crippen LogP contribution >= 0.6 is 11.6 Å². The van der Waals surface area contributed by atoms with Gasteiger partial charge in [0.1, 0.15) is 0 Å². The van der Waals surface area contributed by atoms with Crippen LogP contribution in [-0.2, 0) is 4.74 Å². The van der Waals surface area contributed by atoms with Gasteiger partial charge >= 0.3 is 0 Å². The van der Waals surface area contributed by atoms with E-state index in [1.54, 1.807) is 0 Å². The molecule has 2 fully saturated rings. The first-order valence-electron chi connectivity index (χ1n) is 4.72. The summed E-state index contributed by atoms with van der Waals surface area (Å²) in [6.45, 7) is 2.90. The highest BCUT2D eigenvalue weighted by Crippen LogP contribution is 2.45. The second-order valence-electron chi connectivity index (χ2n) is 4.08. The summed E-state index contributed by atoms with van der Waals surface area (Å²) in [7, 11) is 0. The SMILES string of the molecule is ClCC1(CNC2CCOC2)CC1. The molecule has 70 valence electrons. The topological polar surface area (TPSA) is 21.3 Å². The van der Waals surface area contributed by atoms with Crippen LogP contribution in [-0.4, -0.2) is 31.7 Å². The summed E-state index contributed by atoms with van der Waals surface area (Å²) >= 11 is 5.87. The Hall–Kier alpha value is 0.210. The average molecular weight is 190 g/mol. The van der Waals surface area contributed by atoms with E-state index in [2.05, 4.69) is 5.32 Å². The van der Waals surface area contributed by atoms with Crippen LogP contribution in [0.1, 0.15) is 19.3 Å². The molecule has 3 heteroatoms. The van der Waals surface area contributed by atoms with Crippen LogP contribution in [0.4, 0.5) is 0 Å². The standard InChI is InChI=1S/C9H16ClNO/c10-6-9(2-3-9)7-11-8-1-4-12-5-8/h8,11H,1-7H2. The maximum absolute atomic E-state index is 5.87. The van der Waals surface area contributed by atoms with E-state index in [4.69, 9.17) is 16.3 Å². The number of hydrogen-bond donors (Lipinski definition) is 1. The number of rotatable bonds is 4. The molecule has 1 aliphatic carbocycles. The summed E-state index contributed by atoms with van der Waals surface area (Å²) in [5.74, 6) is 0.813. The zero-order valence-electron chi connectivity index (χ0n) is 7.31. The van der Waals surface area contributed by atoms with Crippen molar-refractivity contribution in [1.29, 1.82) is 0 Å². The van der Waals surface area contributed by atoms with E-state index < -0.39 is 0 Å². The van der Waals surface area contributed by atoms with Gasteiger partial charge in [-0.2, -0.15) is 0 Å². The molecule has 0 bridgehead atoms. The molecule has 1 heterocycles. The van der Waals surface area contributed by atoms with Gasteiger partial charge in [0.2, 0.25) is 0 Å². The molecule has 1 N–H and O–H groups in total. The zero-order chi connectivity index (χ0) is 8.44. The summed E-state index contributed by atoms with van der Waals surface area (Å²) in [5, 5.41) is 3.53. The monoisotopic (exact) mass is 189 g/mol. The average Bonchev–Trinajstić information content (AvgIpc) is 2.70. The number of hydrogen-bond acceptors (Lipinski definition) is 2. The van der Waals surface area contributed by atoms with Crippen molar-refractivity contribution in [2.24, 2.45) is 5.41 Å². The molecule has 1 unspecified atom stereocenters. The highest BCUT2D eigenvalue weighted by molar-refractivity contribution is 6.18. The fourth-order valence-electron chi connectivity index (χ4n) is 1.59. The lowest BCUT2D eigenvalue weighted by Crippen LogP contribution is -2.35. The van der Waals surface area contributed by atoms with Crippen LogP contribution in [0.5, 0.6) is 0 Å². The molecule has 0 spiro atoms. The molecule has 0 aromatic heterocycles. The second kappa shape index (κ2) is 3.52. The first-order valence-corrected chi connectivity index (χ1v) is 5.25. The Kier molecular flexibility index (Phi) is 2.58. The Balaban J connectivity index is 1.67. The lowest BCUT2D eigenvalue weighted by atomic mass is 10.1. The number of halogens is 1. The van der Waals surface area contributed by atoms with Gasteiger partial charge in [-0.3, -0.25) is 0 Å². The van der Waals surface area contributed by atoms with E-state index >= 15 is 0 Å². The first kappa shape index (κ1) is 8.79. The lowest BCUT2D eigenvalue weighted by molar-refractivity contribution is 0.189. The fraction of sp³-hybridized carbons (Fsp3) is 1.00. The van der Waals surface area contributed by atoms with Gasteiger partial charge < -0.3 is 10.1 Å². The minimum atomic E-state index is 0.449. The summed E-state index contributed by atoms with van der Waals surface area (Å²) in [5.41, 5.74) is 0.449. The van der Waals surface area contributed by atoms with Crippen molar-refractivity contribution in [3.05, 3.63) is 0 Å². The molecule has 0 aromatic carbocycles. The molecular weight excluding hydrogens is 174 g/mol. The predicted octanol–water partition coefficient (Wildman–Crippen LogP) is 1.38. The molecule has 1 atom stereocenters. The predicted molar refractivity (Wildman–Crippen MR) is 49.6 cm³/mol. The van der Waals surface area contributed by atoms with Crippen molar-refractivity contribution in [2.45, 2.75) is 25.3 Å². The Morgan fingerprint density at radius 1 is 1.50 bits per heavy atom. The van der Waals surface area contributed by atoms with E-state index in [1.807, 2.05) is 0 Å². The summed E-state index contributed by atoms with van der Waals surface area (Å²) in [6.07, 6.45) is 3.77. The van der Waals surface area contributed by atoms with Crippen molar-refractivity contribution in [1.82, 2.24) is 5.32 Å². The van der Waals surface area contributed by atoms with Gasteiger partial charge in [-0.05, 0) is 24.7 Å². The molecule has 2 rings (SSSR count). The summed E-state index contributed by atoms with van der Waals surface area (Å²) in [4.78, 5) is 0. The Bertz CT molecular complexity index is 153. The van der Waals surface area contributed by atoms with Gasteiger partial charge in [0, 0.05) is 25.1 Å². The Morgan fingerprint density at radius 2 is 2.33 bits per heavy atom. The third kappa shape index (κ3) is 1.93. The van der Waals surface area contributed by atoms with E-state index in [0.29, 0.717) is 11.5 Å². The number of nitrogens with one attached hydrogen (secondary N) is 1. The number of ether oxygens (including phenoxy) is 1. The third-order valence-electron chi connectivity index (χ3n) is 2.94. The normalized spacial score (nSPS) is 32.2. The van der Waals surface area contributed by atoms with Gasteiger partial charge in [0.05, 0.1) is 6.61 Å². The molecular formula is C9H16ClNO. The third-order valence-corrected chi connectivity index (χ3v) is 3.50. The van der Waals surface area contributed by atoms with Gasteiger partial charge in [-0.25, -0.2) is 0 Å². The molecule has 0 radical (unpaired) electrons. The van der Waals surface area contributed by atoms with Crippen molar-refractivity contribution >= 4 is 11.6 Å². The highest BCUT2D eigenvalue weighted by atomic mass is 35.5. The van der Waals surface area contributed by atoms with E-state index in [-0.39, 0.29) is 0 Å². The van der Waals surface area contributed by atoms with Crippen LogP contribution in [0.25, 0.3) is 0 Å². The maximum Gasteiger partial charge on any atom is 0.0620 e. The second-order valence-corrected chi connectivity index (χ2v) is 4.34. The molecule has 1 saturated carbocycles. The molecule has 2 nitrogen and oxygen atoms in total. The van der Waals surface area contributed by atoms with Gasteiger partial charge in [0.25, 0.3) is 0 Å². The van der Waals surface area contributed by atoms with E-state index in [0.717, 1.165) is 25.6 Å². The Morgan fingerprint density at radius 3 is 2.83 bits per heavy atom. The van der Waals surface area contributed by atoms with Crippen molar-refractivity contribution in [3.8, 4) is 0 Å². The smallest absolute Gasteiger partial charge is 0.0620 e. The van der Waals surface area contributed by atoms with E-state index in [1.165, 1.54) is 19.3 Å². The van der Waals surface area contributed by atoms with Gasteiger partial charge in [-0.1, -0.05) is 0 Å². The fourth-order valence-corrected chi connectivity index (χ4v) is 1.95. The highest BCUT2D eigenvalue weighted by Gasteiger charge is 2.41. The minimum absolute atomic E-state index is 0.449. The molecule has 1 aliphatic heterocycles. The number of alkyl halides is 1. The molecule has 2 aliphatic rings. The molecule has 0 amide bonds. The van der Waals surface area contributed by atoms with Crippen LogP contribution in [0.2, 0.25) is 0 Å². The van der Waals surface area contributed by atoms with Crippen LogP contribution in [0.3, 0.4) is 0 Å². The van der Waals surface area contributed by atoms with Crippen molar-refractivity contribution < 1.29 is 4.74 Å². The Labute approximate surface area is 78.6 Å². The van der Waals surface area contributed by atoms with Crippen molar-refractivity contribution in [3.63, 3.8) is 0 Å². The first-order chi connectivity index (χ1) is 5.85. The largest absolute Gasteiger partial charge is 0.380 e. The van der Waals surface area contributed by atoms with Crippen LogP contribution in [0.15, 0.2) is 0 Å². The van der Waals surface area contributed by atoms with Gasteiger partial charge in [-0.15, -0.1) is 11.6 Å². The summed E-state index contributed by atoms with van der Waals surface area (Å²) in [6, 6.07) is 0.589. The van der Waals surface area contributed by atoms with Crippen LogP contribution in [0, 0.1) is 5.41 Å². The quantitative estimate of drug-likeness (QED) is 0.675.